The monoisotopic (exact) mass is 452 g/mol. The van der Waals surface area contributed by atoms with E-state index in [0.717, 1.165) is 44.8 Å². The Hall–Kier alpha value is -3.51. The van der Waals surface area contributed by atoms with E-state index in [1.165, 1.54) is 11.1 Å². The molecule has 6 rings (SSSR count). The van der Waals surface area contributed by atoms with Gasteiger partial charge in [-0.2, -0.15) is 4.98 Å². The van der Waals surface area contributed by atoms with Crippen molar-refractivity contribution < 1.29 is 4.74 Å². The van der Waals surface area contributed by atoms with Gasteiger partial charge >= 0.3 is 0 Å². The number of anilines is 1. The number of nitrogens with one attached hydrogen (secondary N) is 1. The topological polar surface area (TPSA) is 52.0 Å². The van der Waals surface area contributed by atoms with Gasteiger partial charge in [-0.3, -0.25) is 0 Å². The molecule has 0 fully saturated rings. The number of benzene rings is 3. The van der Waals surface area contributed by atoms with E-state index < -0.39 is 0 Å². The summed E-state index contributed by atoms with van der Waals surface area (Å²) in [7, 11) is 0. The summed E-state index contributed by atoms with van der Waals surface area (Å²) >= 11 is 1.55. The van der Waals surface area contributed by atoms with E-state index >= 15 is 0 Å². The molecule has 2 aliphatic heterocycles. The Labute approximate surface area is 197 Å². The van der Waals surface area contributed by atoms with Crippen LogP contribution < -0.4 is 10.1 Å². The number of aryl methyl sites for hydroxylation is 2. The van der Waals surface area contributed by atoms with Crippen LogP contribution in [0.25, 0.3) is 5.70 Å². The van der Waals surface area contributed by atoms with E-state index in [1.807, 2.05) is 17.0 Å². The van der Waals surface area contributed by atoms with Crippen LogP contribution in [-0.2, 0) is 0 Å². The molecule has 2 atom stereocenters. The lowest BCUT2D eigenvalue weighted by molar-refractivity contribution is 0.223. The summed E-state index contributed by atoms with van der Waals surface area (Å²) < 4.78 is 8.71. The number of hydrogen-bond acceptors (Lipinski definition) is 5. The van der Waals surface area contributed by atoms with E-state index in [0.29, 0.717) is 0 Å². The van der Waals surface area contributed by atoms with Crippen molar-refractivity contribution in [1.82, 2.24) is 14.8 Å². The predicted octanol–water partition coefficient (Wildman–Crippen LogP) is 6.18. The van der Waals surface area contributed by atoms with Crippen LogP contribution in [0.3, 0.4) is 0 Å². The van der Waals surface area contributed by atoms with Crippen LogP contribution in [-0.4, -0.2) is 21.0 Å². The molecule has 164 valence electrons. The molecule has 0 spiro atoms. The molecule has 0 amide bonds. The highest BCUT2D eigenvalue weighted by atomic mass is 32.2. The molecule has 0 aliphatic carbocycles. The third-order valence-corrected chi connectivity index (χ3v) is 6.82. The van der Waals surface area contributed by atoms with Crippen molar-refractivity contribution in [2.75, 3.05) is 11.6 Å². The second kappa shape index (κ2) is 7.81. The summed E-state index contributed by atoms with van der Waals surface area (Å²) in [5.41, 5.74) is 7.96. The number of rotatable bonds is 3. The lowest BCUT2D eigenvalue weighted by Crippen LogP contribution is -2.32. The Morgan fingerprint density at radius 1 is 0.909 bits per heavy atom. The fourth-order valence-electron chi connectivity index (χ4n) is 4.68. The van der Waals surface area contributed by atoms with Crippen LogP contribution in [0, 0.1) is 13.8 Å². The molecule has 0 saturated carbocycles. The minimum atomic E-state index is -0.245. The number of aromatic nitrogens is 3. The SMILES string of the molecule is CSc1nc2n(n1)[C@@H](c1ccc(C)cc1)C1=C(N2)c2cc(C)ccc2O[C@H]1c1ccccc1. The zero-order chi connectivity index (χ0) is 22.5. The zero-order valence-electron chi connectivity index (χ0n) is 18.7. The molecule has 2 aliphatic rings. The number of thioether (sulfide) groups is 1. The van der Waals surface area contributed by atoms with Gasteiger partial charge in [0.25, 0.3) is 0 Å². The molecule has 6 heteroatoms. The molecular weight excluding hydrogens is 428 g/mol. The van der Waals surface area contributed by atoms with Gasteiger partial charge in [0.1, 0.15) is 17.9 Å². The number of hydrogen-bond donors (Lipinski definition) is 1. The van der Waals surface area contributed by atoms with Crippen molar-refractivity contribution in [2.24, 2.45) is 0 Å². The second-order valence-electron chi connectivity index (χ2n) is 8.54. The van der Waals surface area contributed by atoms with Crippen LogP contribution >= 0.6 is 11.8 Å². The summed E-state index contributed by atoms with van der Waals surface area (Å²) in [5.74, 6) is 1.63. The first-order chi connectivity index (χ1) is 16.1. The third kappa shape index (κ3) is 3.33. The van der Waals surface area contributed by atoms with Gasteiger partial charge in [-0.1, -0.05) is 83.6 Å². The molecule has 0 saturated heterocycles. The van der Waals surface area contributed by atoms with Crippen molar-refractivity contribution in [1.29, 1.82) is 0 Å². The summed E-state index contributed by atoms with van der Waals surface area (Å²) in [4.78, 5) is 4.78. The van der Waals surface area contributed by atoms with Crippen molar-refractivity contribution >= 4 is 23.4 Å². The molecule has 33 heavy (non-hydrogen) atoms. The maximum absolute atomic E-state index is 6.70. The van der Waals surface area contributed by atoms with Crippen LogP contribution in [0.15, 0.2) is 83.5 Å². The van der Waals surface area contributed by atoms with Gasteiger partial charge in [-0.25, -0.2) is 4.68 Å². The predicted molar refractivity (Wildman–Crippen MR) is 133 cm³/mol. The Morgan fingerprint density at radius 3 is 2.42 bits per heavy atom. The molecule has 4 aromatic rings. The van der Waals surface area contributed by atoms with Crippen molar-refractivity contribution in [3.63, 3.8) is 0 Å². The lowest BCUT2D eigenvalue weighted by Gasteiger charge is -2.39. The van der Waals surface area contributed by atoms with Crippen LogP contribution in [0.2, 0.25) is 0 Å². The third-order valence-electron chi connectivity index (χ3n) is 6.29. The standard InChI is InChI=1S/C27H24N4OS/c1-16-9-12-18(13-10-16)24-22-23(28-26-29-27(33-3)30-31(24)26)20-15-17(2)11-14-21(20)32-25(22)19-7-5-4-6-8-19/h4-15,24-25H,1-3H3,(H,28,29,30)/t24-,25-/m0/s1. The minimum Gasteiger partial charge on any atom is -0.480 e. The van der Waals surface area contributed by atoms with Crippen molar-refractivity contribution in [3.05, 3.63) is 106 Å². The first kappa shape index (κ1) is 20.1. The van der Waals surface area contributed by atoms with E-state index in [9.17, 15) is 0 Å². The van der Waals surface area contributed by atoms with Crippen LogP contribution in [0.4, 0.5) is 5.95 Å². The minimum absolute atomic E-state index is 0.135. The fraction of sp³-hybridized carbons (Fsp3) is 0.185. The Balaban J connectivity index is 1.64. The second-order valence-corrected chi connectivity index (χ2v) is 9.32. The van der Waals surface area contributed by atoms with Gasteiger partial charge in [-0.15, -0.1) is 5.10 Å². The molecule has 0 unspecified atom stereocenters. The summed E-state index contributed by atoms with van der Waals surface area (Å²) in [5, 5.41) is 9.23. The van der Waals surface area contributed by atoms with Gasteiger partial charge in [0.15, 0.2) is 0 Å². The lowest BCUT2D eigenvalue weighted by atomic mass is 9.84. The highest BCUT2D eigenvalue weighted by molar-refractivity contribution is 7.98. The van der Waals surface area contributed by atoms with Gasteiger partial charge < -0.3 is 10.1 Å². The first-order valence-corrected chi connectivity index (χ1v) is 12.3. The van der Waals surface area contributed by atoms with Gasteiger partial charge in [0.2, 0.25) is 11.1 Å². The summed E-state index contributed by atoms with van der Waals surface area (Å²) in [6, 6.07) is 25.3. The van der Waals surface area contributed by atoms with Gasteiger partial charge in [-0.05, 0) is 43.4 Å². The average Bonchev–Trinajstić information content (AvgIpc) is 3.26. The van der Waals surface area contributed by atoms with Gasteiger partial charge in [0, 0.05) is 11.1 Å². The molecule has 1 aromatic heterocycles. The van der Waals surface area contributed by atoms with E-state index in [-0.39, 0.29) is 12.1 Å². The maximum Gasteiger partial charge on any atom is 0.227 e. The average molecular weight is 453 g/mol. The Morgan fingerprint density at radius 2 is 1.67 bits per heavy atom. The molecule has 3 heterocycles. The number of fused-ring (bicyclic) bond motifs is 3. The van der Waals surface area contributed by atoms with Gasteiger partial charge in [0.05, 0.1) is 5.70 Å². The number of nitrogens with zero attached hydrogens (tertiary/aromatic N) is 3. The highest BCUT2D eigenvalue weighted by Gasteiger charge is 2.41. The number of ether oxygens (including phenoxy) is 1. The molecule has 1 N–H and O–H groups in total. The normalized spacial score (nSPS) is 18.6. The van der Waals surface area contributed by atoms with E-state index in [2.05, 4.69) is 85.9 Å². The Bertz CT molecular complexity index is 1380. The molecule has 0 radical (unpaired) electrons. The van der Waals surface area contributed by atoms with E-state index in [1.54, 1.807) is 11.8 Å². The quantitative estimate of drug-likeness (QED) is 0.376. The fourth-order valence-corrected chi connectivity index (χ4v) is 5.03. The smallest absolute Gasteiger partial charge is 0.227 e. The zero-order valence-corrected chi connectivity index (χ0v) is 19.6. The van der Waals surface area contributed by atoms with Crippen molar-refractivity contribution in [2.45, 2.75) is 31.1 Å². The van der Waals surface area contributed by atoms with E-state index in [4.69, 9.17) is 14.8 Å². The maximum atomic E-state index is 6.70. The highest BCUT2D eigenvalue weighted by Crippen LogP contribution is 2.51. The summed E-state index contributed by atoms with van der Waals surface area (Å²) in [6.07, 6.45) is 1.76. The van der Waals surface area contributed by atoms with Crippen molar-refractivity contribution in [3.8, 4) is 5.75 Å². The van der Waals surface area contributed by atoms with Crippen LogP contribution in [0.1, 0.15) is 40.0 Å². The van der Waals surface area contributed by atoms with Crippen LogP contribution in [0.5, 0.6) is 5.75 Å². The Kier molecular flexibility index (Phi) is 4.76. The summed E-state index contributed by atoms with van der Waals surface area (Å²) in [6.45, 7) is 4.22. The molecule has 3 aromatic carbocycles. The molecule has 0 bridgehead atoms. The largest absolute Gasteiger partial charge is 0.480 e. The molecular formula is C27H24N4OS. The molecule has 5 nitrogen and oxygen atoms in total. The first-order valence-electron chi connectivity index (χ1n) is 11.0.